The molecule has 0 N–H and O–H groups in total. The second-order valence-electron chi connectivity index (χ2n) is 3.73. The van der Waals surface area contributed by atoms with Crippen LogP contribution in [0.15, 0.2) is 54.6 Å². The van der Waals surface area contributed by atoms with Crippen molar-refractivity contribution in [3.8, 4) is 0 Å². The minimum Gasteiger partial charge on any atom is -0.268 e. The zero-order valence-electron chi connectivity index (χ0n) is 9.69. The number of amides is 1. The summed E-state index contributed by atoms with van der Waals surface area (Å²) in [7, 11) is 0. The van der Waals surface area contributed by atoms with Crippen molar-refractivity contribution >= 4 is 11.6 Å². The monoisotopic (exact) mass is 264 g/mol. The molecule has 0 saturated heterocycles. The maximum atomic E-state index is 13.0. The Morgan fingerprint density at radius 2 is 1.58 bits per heavy atom. The van der Waals surface area contributed by atoms with E-state index in [1.54, 1.807) is 6.07 Å². The van der Waals surface area contributed by atoms with Gasteiger partial charge in [-0.2, -0.15) is 0 Å². The van der Waals surface area contributed by atoms with Gasteiger partial charge in [0.15, 0.2) is 0 Å². The summed E-state index contributed by atoms with van der Waals surface area (Å²) in [5.41, 5.74) is -0.257. The van der Waals surface area contributed by atoms with Crippen molar-refractivity contribution in [2.75, 3.05) is 4.90 Å². The molecule has 0 aliphatic rings. The van der Waals surface area contributed by atoms with Crippen molar-refractivity contribution in [1.29, 1.82) is 0 Å². The van der Waals surface area contributed by atoms with E-state index in [0.717, 1.165) is 0 Å². The Labute approximate surface area is 108 Å². The highest BCUT2D eigenvalue weighted by Gasteiger charge is 2.42. The Morgan fingerprint density at radius 1 is 1.00 bits per heavy atom. The van der Waals surface area contributed by atoms with Crippen molar-refractivity contribution in [3.05, 3.63) is 66.2 Å². The molecule has 0 atom stereocenters. The van der Waals surface area contributed by atoms with Crippen molar-refractivity contribution in [3.63, 3.8) is 0 Å². The van der Waals surface area contributed by atoms with Gasteiger partial charge in [0.25, 0.3) is 5.91 Å². The van der Waals surface area contributed by atoms with Gasteiger partial charge in [-0.3, -0.25) is 4.79 Å². The molecule has 2 aromatic rings. The maximum Gasteiger partial charge on any atom is 0.491 e. The van der Waals surface area contributed by atoms with Gasteiger partial charge in [0, 0.05) is 5.56 Å². The van der Waals surface area contributed by atoms with E-state index in [1.165, 1.54) is 48.5 Å². The minimum atomic E-state index is -4.78. The van der Waals surface area contributed by atoms with Crippen molar-refractivity contribution < 1.29 is 18.0 Å². The first-order valence-corrected chi connectivity index (χ1v) is 5.42. The van der Waals surface area contributed by atoms with Crippen molar-refractivity contribution in [2.45, 2.75) is 6.30 Å². The molecule has 0 aromatic heterocycles. The lowest BCUT2D eigenvalue weighted by Crippen LogP contribution is -2.43. The molecule has 2 aromatic carbocycles. The van der Waals surface area contributed by atoms with E-state index in [0.29, 0.717) is 0 Å². The molecule has 0 fully saturated rings. The number of anilines is 1. The van der Waals surface area contributed by atoms with Crippen LogP contribution in [0.4, 0.5) is 18.9 Å². The van der Waals surface area contributed by atoms with Crippen LogP contribution in [0.1, 0.15) is 10.4 Å². The number of nitrogens with zero attached hydrogens (tertiary/aromatic N) is 1. The summed E-state index contributed by atoms with van der Waals surface area (Å²) in [6, 6.07) is 15.0. The molecule has 19 heavy (non-hydrogen) atoms. The Balaban J connectivity index is 2.43. The van der Waals surface area contributed by atoms with Crippen molar-refractivity contribution in [1.82, 2.24) is 0 Å². The molecule has 5 heteroatoms. The number of carbonyl (C=O) groups excluding carboxylic acids is 1. The number of hydrogen-bond donors (Lipinski definition) is 0. The summed E-state index contributed by atoms with van der Waals surface area (Å²) in [6.45, 7) is 0. The van der Waals surface area contributed by atoms with Gasteiger partial charge in [0.2, 0.25) is 0 Å². The van der Waals surface area contributed by atoms with Gasteiger partial charge in [-0.05, 0) is 30.3 Å². The lowest BCUT2D eigenvalue weighted by Gasteiger charge is -2.25. The fraction of sp³-hybridized carbons (Fsp3) is 0.0714. The van der Waals surface area contributed by atoms with Gasteiger partial charge in [-0.15, -0.1) is 13.2 Å². The highest BCUT2D eigenvalue weighted by atomic mass is 19.4. The topological polar surface area (TPSA) is 20.3 Å². The van der Waals surface area contributed by atoms with Gasteiger partial charge >= 0.3 is 6.30 Å². The minimum absolute atomic E-state index is 0.0417. The van der Waals surface area contributed by atoms with E-state index in [1.807, 2.05) is 0 Å². The number of hydrogen-bond acceptors (Lipinski definition) is 1. The predicted octanol–water partition coefficient (Wildman–Crippen LogP) is 3.65. The molecule has 0 unspecified atom stereocenters. The predicted molar refractivity (Wildman–Crippen MR) is 64.6 cm³/mol. The summed E-state index contributed by atoms with van der Waals surface area (Å²) in [5, 5.41) is 0. The Bertz CT molecular complexity index is 552. The van der Waals surface area contributed by atoms with Gasteiger partial charge in [-0.1, -0.05) is 30.3 Å². The molecule has 2 rings (SSSR count). The molecular weight excluding hydrogens is 255 g/mol. The fourth-order valence-corrected chi connectivity index (χ4v) is 1.61. The van der Waals surface area contributed by atoms with E-state index in [2.05, 4.69) is 6.07 Å². The van der Waals surface area contributed by atoms with E-state index < -0.39 is 12.2 Å². The van der Waals surface area contributed by atoms with Crippen LogP contribution >= 0.6 is 0 Å². The van der Waals surface area contributed by atoms with Crippen LogP contribution in [0, 0.1) is 6.07 Å². The first-order valence-electron chi connectivity index (χ1n) is 5.42. The number of rotatable bonds is 2. The average molecular weight is 264 g/mol. The highest BCUT2D eigenvalue weighted by Crippen LogP contribution is 2.29. The van der Waals surface area contributed by atoms with Gasteiger partial charge in [0.05, 0.1) is 5.69 Å². The van der Waals surface area contributed by atoms with Crippen LogP contribution in [0.3, 0.4) is 0 Å². The van der Waals surface area contributed by atoms with Crippen LogP contribution < -0.4 is 4.90 Å². The number of carbonyl (C=O) groups is 1. The Morgan fingerprint density at radius 3 is 2.11 bits per heavy atom. The highest BCUT2D eigenvalue weighted by molar-refractivity contribution is 6.06. The van der Waals surface area contributed by atoms with Crippen molar-refractivity contribution in [2.24, 2.45) is 0 Å². The molecule has 1 radical (unpaired) electrons. The summed E-state index contributed by atoms with van der Waals surface area (Å²) in [4.78, 5) is 11.8. The summed E-state index contributed by atoms with van der Waals surface area (Å²) >= 11 is 0. The van der Waals surface area contributed by atoms with Gasteiger partial charge in [0.1, 0.15) is 0 Å². The summed E-state index contributed by atoms with van der Waals surface area (Å²) < 4.78 is 39.1. The van der Waals surface area contributed by atoms with Crippen LogP contribution in [-0.4, -0.2) is 12.2 Å². The standard InChI is InChI=1S/C14H9F3NO/c15-14(16,17)18(12-9-5-2-6-10-12)13(19)11-7-3-1-4-8-11/h2-10H. The average Bonchev–Trinajstić information content (AvgIpc) is 2.39. The quantitative estimate of drug-likeness (QED) is 0.758. The molecule has 0 aliphatic carbocycles. The molecule has 1 amide bonds. The second-order valence-corrected chi connectivity index (χ2v) is 3.73. The number of halogens is 3. The van der Waals surface area contributed by atoms with E-state index in [9.17, 15) is 18.0 Å². The van der Waals surface area contributed by atoms with Crippen LogP contribution in [0.5, 0.6) is 0 Å². The Kier molecular flexibility index (Phi) is 3.55. The molecule has 0 aliphatic heterocycles. The molecular formula is C14H9F3NO. The summed E-state index contributed by atoms with van der Waals surface area (Å²) in [5.74, 6) is -1.12. The van der Waals surface area contributed by atoms with Crippen LogP contribution in [0.2, 0.25) is 0 Å². The maximum absolute atomic E-state index is 13.0. The zero-order valence-corrected chi connectivity index (χ0v) is 9.69. The molecule has 0 saturated carbocycles. The molecule has 97 valence electrons. The van der Waals surface area contributed by atoms with Crippen LogP contribution in [-0.2, 0) is 0 Å². The normalized spacial score (nSPS) is 11.1. The van der Waals surface area contributed by atoms with Crippen LogP contribution in [0.25, 0.3) is 0 Å². The fourth-order valence-electron chi connectivity index (χ4n) is 1.61. The third-order valence-electron chi connectivity index (χ3n) is 2.44. The molecule has 0 spiro atoms. The lowest BCUT2D eigenvalue weighted by atomic mass is 10.2. The number of para-hydroxylation sites is 1. The van der Waals surface area contributed by atoms with Gasteiger partial charge in [-0.25, -0.2) is 4.90 Å². The zero-order chi connectivity index (χ0) is 13.9. The molecule has 2 nitrogen and oxygen atoms in total. The smallest absolute Gasteiger partial charge is 0.268 e. The van der Waals surface area contributed by atoms with E-state index in [4.69, 9.17) is 0 Å². The molecule has 0 heterocycles. The first kappa shape index (κ1) is 13.1. The third-order valence-corrected chi connectivity index (χ3v) is 2.44. The largest absolute Gasteiger partial charge is 0.491 e. The third kappa shape index (κ3) is 2.93. The number of alkyl halides is 3. The van der Waals surface area contributed by atoms with Gasteiger partial charge < -0.3 is 0 Å². The number of benzene rings is 2. The SMILES string of the molecule is O=C(c1cc[c]cc1)N(c1ccccc1)C(F)(F)F. The Hall–Kier alpha value is -2.30. The second kappa shape index (κ2) is 5.14. The van der Waals surface area contributed by atoms with E-state index >= 15 is 0 Å². The van der Waals surface area contributed by atoms with E-state index in [-0.39, 0.29) is 16.2 Å². The first-order chi connectivity index (χ1) is 9.00. The lowest BCUT2D eigenvalue weighted by molar-refractivity contribution is -0.122. The summed E-state index contributed by atoms with van der Waals surface area (Å²) in [6.07, 6.45) is -4.78. The molecule has 0 bridgehead atoms.